The molecule has 1 aliphatic heterocycles. The molecule has 128 valence electrons. The minimum atomic E-state index is -1.79. The molecule has 2 aromatic rings. The molecule has 1 unspecified atom stereocenters. The van der Waals surface area contributed by atoms with E-state index in [9.17, 15) is 19.5 Å². The van der Waals surface area contributed by atoms with Crippen molar-refractivity contribution in [3.63, 3.8) is 0 Å². The van der Waals surface area contributed by atoms with Crippen LogP contribution in [0.25, 0.3) is 0 Å². The molecule has 0 saturated heterocycles. The molecule has 0 bridgehead atoms. The van der Waals surface area contributed by atoms with Crippen molar-refractivity contribution in [1.29, 1.82) is 0 Å². The molecule has 25 heavy (non-hydrogen) atoms. The Hall–Kier alpha value is -2.90. The fourth-order valence-corrected chi connectivity index (χ4v) is 3.00. The molecule has 1 aliphatic rings. The van der Waals surface area contributed by atoms with Crippen LogP contribution in [0.1, 0.15) is 15.9 Å². The number of rotatable bonds is 4. The fraction of sp³-hybridized carbons (Fsp3) is 0.118. The van der Waals surface area contributed by atoms with Gasteiger partial charge in [0.1, 0.15) is 0 Å². The number of nitrogen functional groups attached to an aromatic ring is 1. The van der Waals surface area contributed by atoms with Crippen molar-refractivity contribution in [2.75, 3.05) is 10.3 Å². The van der Waals surface area contributed by atoms with Crippen LogP contribution < -0.4 is 16.2 Å². The summed E-state index contributed by atoms with van der Waals surface area (Å²) in [4.78, 5) is 37.9. The minimum Gasteiger partial charge on any atom is -0.480 e. The predicted octanol–water partition coefficient (Wildman–Crippen LogP) is 2.06. The Morgan fingerprint density at radius 2 is 1.92 bits per heavy atom. The van der Waals surface area contributed by atoms with E-state index in [1.165, 1.54) is 17.0 Å². The predicted molar refractivity (Wildman–Crippen MR) is 92.4 cm³/mol. The standard InChI is InChI=1S/C17H14ClN3O4/c18-11-7-13-10(6-12(11)20-19)15(22)14(17(24)25)16(23)21(13)8-9-4-2-1-3-5-9/h1-7,14,20H,8,19H2,(H,24,25). The number of carboxylic acid groups (broad SMARTS) is 1. The van der Waals surface area contributed by atoms with Gasteiger partial charge in [0.05, 0.1) is 22.9 Å². The molecular formula is C17H14ClN3O4. The van der Waals surface area contributed by atoms with Crippen molar-refractivity contribution in [3.05, 3.63) is 58.6 Å². The van der Waals surface area contributed by atoms with Gasteiger partial charge in [0.15, 0.2) is 11.7 Å². The molecule has 3 rings (SSSR count). The first-order chi connectivity index (χ1) is 11.9. The normalized spacial score (nSPS) is 16.6. The third-order valence-corrected chi connectivity index (χ3v) is 4.32. The molecule has 1 amide bonds. The van der Waals surface area contributed by atoms with Crippen molar-refractivity contribution in [2.24, 2.45) is 11.8 Å². The van der Waals surface area contributed by atoms with Crippen molar-refractivity contribution in [3.8, 4) is 0 Å². The second kappa shape index (κ2) is 6.54. The molecule has 0 aromatic heterocycles. The number of fused-ring (bicyclic) bond motifs is 1. The second-order valence-corrected chi connectivity index (χ2v) is 5.95. The Morgan fingerprint density at radius 3 is 2.52 bits per heavy atom. The zero-order valence-corrected chi connectivity index (χ0v) is 13.7. The summed E-state index contributed by atoms with van der Waals surface area (Å²) in [5.74, 6) is 0.508. The molecular weight excluding hydrogens is 346 g/mol. The van der Waals surface area contributed by atoms with Crippen LogP contribution in [0.3, 0.4) is 0 Å². The summed E-state index contributed by atoms with van der Waals surface area (Å²) < 4.78 is 0. The van der Waals surface area contributed by atoms with E-state index in [1.807, 2.05) is 6.07 Å². The molecule has 0 fully saturated rings. The maximum absolute atomic E-state index is 12.7. The van der Waals surface area contributed by atoms with Gasteiger partial charge in [-0.3, -0.25) is 20.2 Å². The Labute approximate surface area is 148 Å². The van der Waals surface area contributed by atoms with Crippen LogP contribution in [0.4, 0.5) is 11.4 Å². The number of nitrogens with zero attached hydrogens (tertiary/aromatic N) is 1. The summed E-state index contributed by atoms with van der Waals surface area (Å²) in [5, 5.41) is 9.55. The number of benzene rings is 2. The van der Waals surface area contributed by atoms with E-state index in [1.54, 1.807) is 24.3 Å². The molecule has 0 saturated carbocycles. The Morgan fingerprint density at radius 1 is 1.24 bits per heavy atom. The summed E-state index contributed by atoms with van der Waals surface area (Å²) in [7, 11) is 0. The number of hydrogen-bond acceptors (Lipinski definition) is 5. The minimum absolute atomic E-state index is 0.0836. The molecule has 0 aliphatic carbocycles. The van der Waals surface area contributed by atoms with Gasteiger partial charge in [-0.15, -0.1) is 0 Å². The van der Waals surface area contributed by atoms with Gasteiger partial charge in [0, 0.05) is 5.56 Å². The first-order valence-corrected chi connectivity index (χ1v) is 7.74. The molecule has 1 atom stereocenters. The lowest BCUT2D eigenvalue weighted by molar-refractivity contribution is -0.144. The second-order valence-electron chi connectivity index (χ2n) is 5.54. The number of carbonyl (C=O) groups is 3. The molecule has 0 spiro atoms. The zero-order chi connectivity index (χ0) is 18.1. The van der Waals surface area contributed by atoms with Gasteiger partial charge >= 0.3 is 5.97 Å². The first-order valence-electron chi connectivity index (χ1n) is 7.36. The average molecular weight is 360 g/mol. The van der Waals surface area contributed by atoms with Gasteiger partial charge in [-0.25, -0.2) is 0 Å². The van der Waals surface area contributed by atoms with Crippen molar-refractivity contribution >= 4 is 40.6 Å². The number of carboxylic acids is 1. The van der Waals surface area contributed by atoms with Gasteiger partial charge < -0.3 is 15.4 Å². The van der Waals surface area contributed by atoms with Gasteiger partial charge in [0.2, 0.25) is 5.91 Å². The number of hydrogen-bond donors (Lipinski definition) is 3. The van der Waals surface area contributed by atoms with Crippen LogP contribution in [0.2, 0.25) is 5.02 Å². The molecule has 7 nitrogen and oxygen atoms in total. The highest BCUT2D eigenvalue weighted by Gasteiger charge is 2.44. The van der Waals surface area contributed by atoms with Gasteiger partial charge in [0.25, 0.3) is 0 Å². The molecule has 2 aromatic carbocycles. The molecule has 1 heterocycles. The van der Waals surface area contributed by atoms with E-state index < -0.39 is 23.6 Å². The SMILES string of the molecule is NNc1cc2c(cc1Cl)N(Cc1ccccc1)C(=O)C(C(=O)O)C2=O. The molecule has 4 N–H and O–H groups in total. The lowest BCUT2D eigenvalue weighted by Gasteiger charge is -2.32. The van der Waals surface area contributed by atoms with Crippen LogP contribution in [0.5, 0.6) is 0 Å². The van der Waals surface area contributed by atoms with Crippen molar-refractivity contribution < 1.29 is 19.5 Å². The van der Waals surface area contributed by atoms with Gasteiger partial charge in [-0.1, -0.05) is 41.9 Å². The van der Waals surface area contributed by atoms with E-state index in [0.717, 1.165) is 5.56 Å². The van der Waals surface area contributed by atoms with Crippen LogP contribution in [0, 0.1) is 5.92 Å². The summed E-state index contributed by atoms with van der Waals surface area (Å²) in [6, 6.07) is 11.8. The first kappa shape index (κ1) is 16.9. The van der Waals surface area contributed by atoms with E-state index >= 15 is 0 Å². The number of nitrogens with one attached hydrogen (secondary N) is 1. The monoisotopic (exact) mass is 359 g/mol. The largest absolute Gasteiger partial charge is 0.480 e. The van der Waals surface area contributed by atoms with Crippen LogP contribution in [-0.2, 0) is 16.1 Å². The van der Waals surface area contributed by atoms with E-state index in [0.29, 0.717) is 0 Å². The van der Waals surface area contributed by atoms with E-state index in [4.69, 9.17) is 17.4 Å². The third kappa shape index (κ3) is 2.95. The lowest BCUT2D eigenvalue weighted by Crippen LogP contribution is -2.47. The maximum atomic E-state index is 12.7. The smallest absolute Gasteiger partial charge is 0.324 e. The number of aliphatic carboxylic acids is 1. The van der Waals surface area contributed by atoms with Crippen LogP contribution in [-0.4, -0.2) is 22.8 Å². The average Bonchev–Trinajstić information content (AvgIpc) is 2.59. The number of hydrazine groups is 1. The number of halogens is 1. The number of Topliss-reactive ketones (excluding diaryl/α,β-unsaturated/α-hetero) is 1. The molecule has 0 radical (unpaired) electrons. The van der Waals surface area contributed by atoms with E-state index in [-0.39, 0.29) is 28.5 Å². The summed E-state index contributed by atoms with van der Waals surface area (Å²) >= 11 is 6.12. The highest BCUT2D eigenvalue weighted by molar-refractivity contribution is 6.35. The third-order valence-electron chi connectivity index (χ3n) is 4.00. The summed E-state index contributed by atoms with van der Waals surface area (Å²) in [6.07, 6.45) is 0. The van der Waals surface area contributed by atoms with Crippen LogP contribution >= 0.6 is 11.6 Å². The molecule has 8 heteroatoms. The van der Waals surface area contributed by atoms with Crippen LogP contribution in [0.15, 0.2) is 42.5 Å². The quantitative estimate of drug-likeness (QED) is 0.437. The van der Waals surface area contributed by atoms with Crippen molar-refractivity contribution in [2.45, 2.75) is 6.54 Å². The number of nitrogens with two attached hydrogens (primary N) is 1. The highest BCUT2D eigenvalue weighted by atomic mass is 35.5. The number of carbonyl (C=O) groups excluding carboxylic acids is 2. The number of amides is 1. The van der Waals surface area contributed by atoms with E-state index in [2.05, 4.69) is 5.43 Å². The topological polar surface area (TPSA) is 113 Å². The number of ketones is 1. The van der Waals surface area contributed by atoms with Gasteiger partial charge in [-0.05, 0) is 17.7 Å². The maximum Gasteiger partial charge on any atom is 0.324 e. The zero-order valence-electron chi connectivity index (χ0n) is 12.9. The summed E-state index contributed by atoms with van der Waals surface area (Å²) in [5.41, 5.74) is 3.76. The Kier molecular flexibility index (Phi) is 4.43. The Balaban J connectivity index is 2.15. The highest BCUT2D eigenvalue weighted by Crippen LogP contribution is 2.37. The lowest BCUT2D eigenvalue weighted by atomic mass is 9.89. The Bertz CT molecular complexity index is 870. The van der Waals surface area contributed by atoms with Crippen molar-refractivity contribution in [1.82, 2.24) is 0 Å². The number of anilines is 2. The fourth-order valence-electron chi connectivity index (χ4n) is 2.78. The van der Waals surface area contributed by atoms with Gasteiger partial charge in [-0.2, -0.15) is 0 Å². The summed E-state index contributed by atoms with van der Waals surface area (Å²) in [6.45, 7) is 0.120.